The summed E-state index contributed by atoms with van der Waals surface area (Å²) in [6.07, 6.45) is 1.67. The van der Waals surface area contributed by atoms with E-state index in [0.717, 1.165) is 22.5 Å². The summed E-state index contributed by atoms with van der Waals surface area (Å²) in [5.74, 6) is 0.937. The maximum absolute atomic E-state index is 12.8. The van der Waals surface area contributed by atoms with Gasteiger partial charge in [0, 0.05) is 17.6 Å². The molecule has 9 nitrogen and oxygen atoms in total. The molecule has 34 heavy (non-hydrogen) atoms. The number of carbonyl (C=O) groups is 2. The number of benzene rings is 1. The average molecular weight is 461 g/mol. The molecule has 0 spiro atoms. The molecule has 0 saturated carbocycles. The van der Waals surface area contributed by atoms with Crippen LogP contribution in [0.4, 0.5) is 11.6 Å². The SMILES string of the molecule is COc1ccc(-n2c(C)c(C)c(C#N)c2NC(=O)CN(C)CC(=O)Nc2ccc(C)cn2)cc1. The topological polar surface area (TPSA) is 112 Å². The Morgan fingerprint density at radius 1 is 1.06 bits per heavy atom. The van der Waals surface area contributed by atoms with E-state index in [9.17, 15) is 14.9 Å². The predicted molar refractivity (Wildman–Crippen MR) is 130 cm³/mol. The number of likely N-dealkylation sites (N-methyl/N-ethyl adjacent to an activating group) is 1. The number of hydrogen-bond donors (Lipinski definition) is 2. The Morgan fingerprint density at radius 2 is 1.71 bits per heavy atom. The highest BCUT2D eigenvalue weighted by molar-refractivity contribution is 5.95. The van der Waals surface area contributed by atoms with Crippen molar-refractivity contribution in [2.45, 2.75) is 20.8 Å². The van der Waals surface area contributed by atoms with Crippen LogP contribution in [0, 0.1) is 32.1 Å². The summed E-state index contributed by atoms with van der Waals surface area (Å²) in [4.78, 5) is 30.9. The molecule has 0 fully saturated rings. The van der Waals surface area contributed by atoms with Crippen molar-refractivity contribution in [3.05, 3.63) is 65.0 Å². The highest BCUT2D eigenvalue weighted by atomic mass is 16.5. The maximum Gasteiger partial charge on any atom is 0.239 e. The van der Waals surface area contributed by atoms with E-state index >= 15 is 0 Å². The Balaban J connectivity index is 1.72. The van der Waals surface area contributed by atoms with Gasteiger partial charge in [-0.05, 0) is 69.3 Å². The van der Waals surface area contributed by atoms with Gasteiger partial charge < -0.3 is 15.4 Å². The molecule has 0 radical (unpaired) electrons. The molecule has 3 aromatic rings. The van der Waals surface area contributed by atoms with Gasteiger partial charge in [-0.15, -0.1) is 0 Å². The Bertz CT molecular complexity index is 1220. The highest BCUT2D eigenvalue weighted by Gasteiger charge is 2.21. The van der Waals surface area contributed by atoms with Gasteiger partial charge in [-0.2, -0.15) is 5.26 Å². The molecular formula is C25H28N6O3. The van der Waals surface area contributed by atoms with Crippen molar-refractivity contribution >= 4 is 23.5 Å². The van der Waals surface area contributed by atoms with Crippen LogP contribution >= 0.6 is 0 Å². The number of nitrogens with zero attached hydrogens (tertiary/aromatic N) is 4. The molecule has 0 atom stereocenters. The lowest BCUT2D eigenvalue weighted by Gasteiger charge is -2.17. The number of amides is 2. The predicted octanol–water partition coefficient (Wildman–Crippen LogP) is 3.19. The first kappa shape index (κ1) is 24.5. The summed E-state index contributed by atoms with van der Waals surface area (Å²) >= 11 is 0. The fourth-order valence-electron chi connectivity index (χ4n) is 3.56. The Hall–Kier alpha value is -4.16. The highest BCUT2D eigenvalue weighted by Crippen LogP contribution is 2.30. The van der Waals surface area contributed by atoms with Crippen LogP contribution in [0.3, 0.4) is 0 Å². The molecule has 176 valence electrons. The Morgan fingerprint density at radius 3 is 2.26 bits per heavy atom. The van der Waals surface area contributed by atoms with Gasteiger partial charge in [0.1, 0.15) is 23.5 Å². The van der Waals surface area contributed by atoms with Crippen molar-refractivity contribution in [2.75, 3.05) is 37.9 Å². The number of aromatic nitrogens is 2. The summed E-state index contributed by atoms with van der Waals surface area (Å²) in [6.45, 7) is 5.62. The fourth-order valence-corrected chi connectivity index (χ4v) is 3.56. The van der Waals surface area contributed by atoms with Gasteiger partial charge in [0.25, 0.3) is 0 Å². The van der Waals surface area contributed by atoms with Crippen LogP contribution in [0.15, 0.2) is 42.6 Å². The van der Waals surface area contributed by atoms with Crippen LogP contribution in [0.25, 0.3) is 5.69 Å². The summed E-state index contributed by atoms with van der Waals surface area (Å²) in [6, 6.07) is 13.1. The maximum atomic E-state index is 12.8. The van der Waals surface area contributed by atoms with E-state index in [0.29, 0.717) is 22.9 Å². The molecular weight excluding hydrogens is 432 g/mol. The second kappa shape index (κ2) is 10.6. The molecule has 0 bridgehead atoms. The van der Waals surface area contributed by atoms with E-state index in [4.69, 9.17) is 4.74 Å². The number of nitrogens with one attached hydrogen (secondary N) is 2. The van der Waals surface area contributed by atoms with E-state index in [-0.39, 0.29) is 24.9 Å². The van der Waals surface area contributed by atoms with E-state index < -0.39 is 0 Å². The van der Waals surface area contributed by atoms with Gasteiger partial charge in [0.15, 0.2) is 0 Å². The lowest BCUT2D eigenvalue weighted by atomic mass is 10.2. The van der Waals surface area contributed by atoms with Crippen LogP contribution in [0.5, 0.6) is 5.75 Å². The number of carbonyl (C=O) groups excluding carboxylic acids is 2. The third kappa shape index (κ3) is 5.60. The molecule has 2 heterocycles. The Kier molecular flexibility index (Phi) is 7.66. The van der Waals surface area contributed by atoms with Gasteiger partial charge in [-0.25, -0.2) is 4.98 Å². The monoisotopic (exact) mass is 460 g/mol. The van der Waals surface area contributed by atoms with Crippen molar-refractivity contribution in [1.82, 2.24) is 14.5 Å². The quantitative estimate of drug-likeness (QED) is 0.534. The molecule has 0 saturated heterocycles. The number of nitriles is 1. The van der Waals surface area contributed by atoms with Gasteiger partial charge >= 0.3 is 0 Å². The van der Waals surface area contributed by atoms with Crippen LogP contribution in [-0.4, -0.2) is 53.5 Å². The first-order chi connectivity index (χ1) is 16.2. The molecule has 2 amide bonds. The zero-order chi connectivity index (χ0) is 24.8. The van der Waals surface area contributed by atoms with E-state index in [1.165, 1.54) is 0 Å². The zero-order valence-corrected chi connectivity index (χ0v) is 20.0. The molecule has 0 aliphatic heterocycles. The van der Waals surface area contributed by atoms with Gasteiger partial charge in [0.05, 0.1) is 25.8 Å². The van der Waals surface area contributed by atoms with Crippen molar-refractivity contribution in [2.24, 2.45) is 0 Å². The van der Waals surface area contributed by atoms with Gasteiger partial charge in [-0.1, -0.05) is 6.07 Å². The summed E-state index contributed by atoms with van der Waals surface area (Å²) in [5.41, 5.74) is 3.81. The first-order valence-corrected chi connectivity index (χ1v) is 10.7. The van der Waals surface area contributed by atoms with Crippen LogP contribution in [0.1, 0.15) is 22.4 Å². The number of pyridine rings is 1. The van der Waals surface area contributed by atoms with Gasteiger partial charge in [-0.3, -0.25) is 19.1 Å². The number of hydrogen-bond acceptors (Lipinski definition) is 6. The van der Waals surface area contributed by atoms with Crippen LogP contribution < -0.4 is 15.4 Å². The zero-order valence-electron chi connectivity index (χ0n) is 20.0. The number of aryl methyl sites for hydroxylation is 1. The minimum absolute atomic E-state index is 0.00559. The molecule has 0 unspecified atom stereocenters. The Labute approximate surface area is 199 Å². The number of rotatable bonds is 8. The van der Waals surface area contributed by atoms with Crippen molar-refractivity contribution in [3.8, 4) is 17.5 Å². The van der Waals surface area contributed by atoms with Gasteiger partial charge in [0.2, 0.25) is 11.8 Å². The number of ether oxygens (including phenoxy) is 1. The lowest BCUT2D eigenvalue weighted by molar-refractivity contribution is -0.119. The summed E-state index contributed by atoms with van der Waals surface area (Å²) in [5, 5.41) is 15.3. The second-order valence-electron chi connectivity index (χ2n) is 8.07. The fraction of sp³-hybridized carbons (Fsp3) is 0.280. The largest absolute Gasteiger partial charge is 0.497 e. The molecule has 1 aromatic carbocycles. The standard InChI is InChI=1S/C25H28N6O3/c1-16-6-11-22(27-13-16)28-23(32)14-30(4)15-24(33)29-25-21(12-26)17(2)18(3)31(25)19-7-9-20(34-5)10-8-19/h6-11,13H,14-15H2,1-5H3,(H,29,33)(H,27,28,32). The molecule has 2 N–H and O–H groups in total. The van der Waals surface area contributed by atoms with Crippen LogP contribution in [0.2, 0.25) is 0 Å². The molecule has 0 aliphatic carbocycles. The summed E-state index contributed by atoms with van der Waals surface area (Å²) in [7, 11) is 3.26. The average Bonchev–Trinajstić information content (AvgIpc) is 3.03. The van der Waals surface area contributed by atoms with Crippen molar-refractivity contribution < 1.29 is 14.3 Å². The van der Waals surface area contributed by atoms with Crippen molar-refractivity contribution in [3.63, 3.8) is 0 Å². The van der Waals surface area contributed by atoms with Crippen LogP contribution in [-0.2, 0) is 9.59 Å². The molecule has 2 aromatic heterocycles. The summed E-state index contributed by atoms with van der Waals surface area (Å²) < 4.78 is 7.06. The number of anilines is 2. The lowest BCUT2D eigenvalue weighted by Crippen LogP contribution is -2.36. The van der Waals surface area contributed by atoms with E-state index in [2.05, 4.69) is 21.7 Å². The molecule has 3 rings (SSSR count). The minimum Gasteiger partial charge on any atom is -0.497 e. The van der Waals surface area contributed by atoms with E-state index in [1.807, 2.05) is 55.7 Å². The smallest absolute Gasteiger partial charge is 0.239 e. The minimum atomic E-state index is -0.340. The molecule has 9 heteroatoms. The third-order valence-corrected chi connectivity index (χ3v) is 5.42. The van der Waals surface area contributed by atoms with Crippen molar-refractivity contribution in [1.29, 1.82) is 5.26 Å². The normalized spacial score (nSPS) is 10.6. The molecule has 0 aliphatic rings. The first-order valence-electron chi connectivity index (χ1n) is 10.7. The second-order valence-corrected chi connectivity index (χ2v) is 8.07. The van der Waals surface area contributed by atoms with E-state index in [1.54, 1.807) is 31.3 Å². The number of methoxy groups -OCH3 is 1. The third-order valence-electron chi connectivity index (χ3n) is 5.42.